The van der Waals surface area contributed by atoms with E-state index in [0.29, 0.717) is 0 Å². The van der Waals surface area contributed by atoms with Crippen molar-refractivity contribution in [2.75, 3.05) is 0 Å². The highest BCUT2D eigenvalue weighted by atomic mass is 16.3. The zero-order chi connectivity index (χ0) is 37.5. The number of hydrogen-bond acceptors (Lipinski definition) is 1. The quantitative estimate of drug-likeness (QED) is 0.173. The molecular weight excluding hydrogens is 693 g/mol. The molecule has 0 saturated carbocycles. The highest BCUT2D eigenvalue weighted by molar-refractivity contribution is 6.14. The molecule has 0 bridgehead atoms. The molecule has 0 aliphatic carbocycles. The third-order valence-corrected chi connectivity index (χ3v) is 11.7. The molecule has 0 aliphatic heterocycles. The van der Waals surface area contributed by atoms with Crippen LogP contribution in [-0.4, -0.2) is 9.13 Å². The van der Waals surface area contributed by atoms with Crippen LogP contribution in [0.3, 0.4) is 0 Å². The van der Waals surface area contributed by atoms with Crippen LogP contribution in [0.15, 0.2) is 211 Å². The van der Waals surface area contributed by atoms with Crippen molar-refractivity contribution in [3.63, 3.8) is 0 Å². The number of hydrogen-bond donors (Lipinski definition) is 0. The topological polar surface area (TPSA) is 23.0 Å². The monoisotopic (exact) mass is 726 g/mol. The largest absolute Gasteiger partial charge is 0.454 e. The van der Waals surface area contributed by atoms with Crippen molar-refractivity contribution in [2.24, 2.45) is 0 Å². The van der Waals surface area contributed by atoms with E-state index in [2.05, 4.69) is 203 Å². The van der Waals surface area contributed by atoms with Gasteiger partial charge in [0, 0.05) is 38.0 Å². The van der Waals surface area contributed by atoms with Gasteiger partial charge in [-0.25, -0.2) is 0 Å². The minimum atomic E-state index is 0.904. The first-order valence-corrected chi connectivity index (χ1v) is 19.5. The fourth-order valence-corrected chi connectivity index (χ4v) is 9.06. The van der Waals surface area contributed by atoms with E-state index in [4.69, 9.17) is 4.42 Å². The molecule has 12 rings (SSSR count). The van der Waals surface area contributed by atoms with Gasteiger partial charge in [0.05, 0.1) is 27.8 Å². The van der Waals surface area contributed by atoms with E-state index in [1.807, 2.05) is 12.1 Å². The van der Waals surface area contributed by atoms with Gasteiger partial charge in [-0.3, -0.25) is 0 Å². The smallest absolute Gasteiger partial charge is 0.159 e. The summed E-state index contributed by atoms with van der Waals surface area (Å²) in [5, 5.41) is 7.20. The highest BCUT2D eigenvalue weighted by Crippen LogP contribution is 2.40. The first-order chi connectivity index (χ1) is 28.3. The van der Waals surface area contributed by atoms with Crippen LogP contribution in [0.5, 0.6) is 0 Å². The molecule has 9 aromatic carbocycles. The van der Waals surface area contributed by atoms with Crippen LogP contribution in [0, 0.1) is 0 Å². The summed E-state index contributed by atoms with van der Waals surface area (Å²) in [5.74, 6) is 0. The summed E-state index contributed by atoms with van der Waals surface area (Å²) in [4.78, 5) is 0. The van der Waals surface area contributed by atoms with Gasteiger partial charge in [0.25, 0.3) is 0 Å². The summed E-state index contributed by atoms with van der Waals surface area (Å²) >= 11 is 0. The summed E-state index contributed by atoms with van der Waals surface area (Å²) < 4.78 is 11.3. The first-order valence-electron chi connectivity index (χ1n) is 19.5. The second-order valence-electron chi connectivity index (χ2n) is 14.9. The second-order valence-corrected chi connectivity index (χ2v) is 14.9. The van der Waals surface area contributed by atoms with Crippen molar-refractivity contribution in [3.05, 3.63) is 206 Å². The molecule has 0 aliphatic rings. The summed E-state index contributed by atoms with van der Waals surface area (Å²) in [6, 6.07) is 74.4. The SMILES string of the molecule is c1ccc(-c2cccc(-n3c4ccccc4c4cc(-c5ccc(-c6ccc7c(c6)c6ccccc6n7-c6cccc7c6oc6ccccc67)cc5)ccc43)c2)cc1. The molecule has 0 fully saturated rings. The molecule has 0 unspecified atom stereocenters. The van der Waals surface area contributed by atoms with Crippen LogP contribution in [0.1, 0.15) is 0 Å². The maximum absolute atomic E-state index is 6.51. The lowest BCUT2D eigenvalue weighted by Gasteiger charge is -2.11. The van der Waals surface area contributed by atoms with Gasteiger partial charge in [0.15, 0.2) is 5.58 Å². The van der Waals surface area contributed by atoms with Crippen LogP contribution >= 0.6 is 0 Å². The zero-order valence-corrected chi connectivity index (χ0v) is 30.9. The number of furan rings is 1. The summed E-state index contributed by atoms with van der Waals surface area (Å²) in [6.07, 6.45) is 0. The average molecular weight is 727 g/mol. The maximum atomic E-state index is 6.51. The molecule has 3 heterocycles. The van der Waals surface area contributed by atoms with Crippen molar-refractivity contribution in [1.29, 1.82) is 0 Å². The minimum Gasteiger partial charge on any atom is -0.454 e. The lowest BCUT2D eigenvalue weighted by Crippen LogP contribution is -1.94. The van der Waals surface area contributed by atoms with E-state index in [1.165, 1.54) is 66.0 Å². The number of nitrogens with zero attached hydrogens (tertiary/aromatic N) is 2. The molecule has 0 radical (unpaired) electrons. The molecule has 57 heavy (non-hydrogen) atoms. The molecule has 0 amide bonds. The standard InChI is InChI=1S/C54H34N2O/c1-2-12-35(13-3-1)38-14-10-15-41(32-38)55-48-20-7-4-16-42(48)46-33-39(28-30-50(46)55)36-24-26-37(27-25-36)40-29-31-51-47(34-40)43-17-5-8-21-49(43)56(51)52-22-11-19-45-44-18-6-9-23-53(44)57-54(45)52/h1-34H. The van der Waals surface area contributed by atoms with E-state index in [0.717, 1.165) is 44.3 Å². The fraction of sp³-hybridized carbons (Fsp3) is 0. The number of fused-ring (bicyclic) bond motifs is 9. The Balaban J connectivity index is 0.932. The third kappa shape index (κ3) is 4.92. The Hall–Kier alpha value is -7.62. The van der Waals surface area contributed by atoms with Gasteiger partial charge >= 0.3 is 0 Å². The van der Waals surface area contributed by atoms with Crippen molar-refractivity contribution in [3.8, 4) is 44.8 Å². The van der Waals surface area contributed by atoms with Gasteiger partial charge in [-0.15, -0.1) is 0 Å². The summed E-state index contributed by atoms with van der Waals surface area (Å²) in [5.41, 5.74) is 15.9. The first kappa shape index (κ1) is 31.7. The van der Waals surface area contributed by atoms with Gasteiger partial charge in [0.2, 0.25) is 0 Å². The predicted octanol–water partition coefficient (Wildman–Crippen LogP) is 14.8. The van der Waals surface area contributed by atoms with Crippen molar-refractivity contribution in [2.45, 2.75) is 0 Å². The van der Waals surface area contributed by atoms with Gasteiger partial charge in [-0.05, 0) is 94.0 Å². The van der Waals surface area contributed by atoms with Gasteiger partial charge in [-0.1, -0.05) is 146 Å². The van der Waals surface area contributed by atoms with Gasteiger partial charge in [0.1, 0.15) is 5.58 Å². The highest BCUT2D eigenvalue weighted by Gasteiger charge is 2.18. The second kappa shape index (κ2) is 12.5. The Morgan fingerprint density at radius 3 is 1.46 bits per heavy atom. The van der Waals surface area contributed by atoms with Crippen LogP contribution in [-0.2, 0) is 0 Å². The number of rotatable bonds is 5. The van der Waals surface area contributed by atoms with Crippen LogP contribution in [0.2, 0.25) is 0 Å². The Labute approximate surface area is 328 Å². The van der Waals surface area contributed by atoms with E-state index in [-0.39, 0.29) is 0 Å². The van der Waals surface area contributed by atoms with Crippen LogP contribution < -0.4 is 0 Å². The minimum absolute atomic E-state index is 0.904. The van der Waals surface area contributed by atoms with Gasteiger partial charge < -0.3 is 13.6 Å². The van der Waals surface area contributed by atoms with Crippen molar-refractivity contribution >= 4 is 65.6 Å². The van der Waals surface area contributed by atoms with E-state index >= 15 is 0 Å². The molecule has 3 aromatic heterocycles. The lowest BCUT2D eigenvalue weighted by molar-refractivity contribution is 0.666. The molecular formula is C54H34N2O. The van der Waals surface area contributed by atoms with Gasteiger partial charge in [-0.2, -0.15) is 0 Å². The molecule has 0 N–H and O–H groups in total. The van der Waals surface area contributed by atoms with Crippen molar-refractivity contribution in [1.82, 2.24) is 9.13 Å². The molecule has 0 spiro atoms. The Kier molecular flexibility index (Phi) is 6.93. The molecule has 3 nitrogen and oxygen atoms in total. The van der Waals surface area contributed by atoms with Crippen molar-refractivity contribution < 1.29 is 4.42 Å². The van der Waals surface area contributed by atoms with E-state index < -0.39 is 0 Å². The van der Waals surface area contributed by atoms with Crippen LogP contribution in [0.25, 0.3) is 110 Å². The molecule has 0 saturated heterocycles. The maximum Gasteiger partial charge on any atom is 0.159 e. The zero-order valence-electron chi connectivity index (χ0n) is 30.9. The Bertz CT molecular complexity index is 3510. The Morgan fingerprint density at radius 1 is 0.281 bits per heavy atom. The molecule has 12 aromatic rings. The number of para-hydroxylation sites is 4. The summed E-state index contributed by atoms with van der Waals surface area (Å²) in [6.45, 7) is 0. The molecule has 3 heteroatoms. The average Bonchev–Trinajstić information content (AvgIpc) is 3.94. The molecule has 266 valence electrons. The number of aromatic nitrogens is 2. The molecule has 0 atom stereocenters. The predicted molar refractivity (Wildman–Crippen MR) is 239 cm³/mol. The number of benzene rings is 9. The van der Waals surface area contributed by atoms with Crippen LogP contribution in [0.4, 0.5) is 0 Å². The fourth-order valence-electron chi connectivity index (χ4n) is 9.06. The normalized spacial score (nSPS) is 11.9. The lowest BCUT2D eigenvalue weighted by atomic mass is 9.98. The Morgan fingerprint density at radius 2 is 0.754 bits per heavy atom. The summed E-state index contributed by atoms with van der Waals surface area (Å²) in [7, 11) is 0. The van der Waals surface area contributed by atoms with E-state index in [1.54, 1.807) is 0 Å². The third-order valence-electron chi connectivity index (χ3n) is 11.7. The van der Waals surface area contributed by atoms with E-state index in [9.17, 15) is 0 Å².